The number of hydrogen-bond donors (Lipinski definition) is 2. The Morgan fingerprint density at radius 3 is 2.39 bits per heavy atom. The summed E-state index contributed by atoms with van der Waals surface area (Å²) >= 11 is 0. The molecule has 1 aromatic heterocycles. The van der Waals surface area contributed by atoms with Crippen LogP contribution in [0.15, 0.2) is 89.5 Å². The molecule has 0 radical (unpaired) electrons. The van der Waals surface area contributed by atoms with Gasteiger partial charge in [-0.3, -0.25) is 9.69 Å². The Hall–Kier alpha value is -3.81. The van der Waals surface area contributed by atoms with Crippen LogP contribution in [-0.4, -0.2) is 45.2 Å². The number of rotatable bonds is 5. The SMILES string of the molecule is O=C(N[C@@H]1c2ccccc2C2(CCN(Cc3nc(-c4ccccc4)no3)CC2)[C@H]1O)c1ccccc1. The van der Waals surface area contributed by atoms with Gasteiger partial charge in [0, 0.05) is 16.5 Å². The van der Waals surface area contributed by atoms with Crippen molar-refractivity contribution in [3.05, 3.63) is 108 Å². The molecule has 4 aromatic rings. The fourth-order valence-electron chi connectivity index (χ4n) is 5.73. The maximum atomic E-state index is 12.9. The second-order valence-corrected chi connectivity index (χ2v) is 9.66. The van der Waals surface area contributed by atoms with Gasteiger partial charge in [0.2, 0.25) is 11.7 Å². The van der Waals surface area contributed by atoms with E-state index in [9.17, 15) is 9.90 Å². The number of aliphatic hydroxyl groups excluding tert-OH is 1. The van der Waals surface area contributed by atoms with Gasteiger partial charge in [0.15, 0.2) is 0 Å². The Balaban J connectivity index is 1.17. The molecule has 7 nitrogen and oxygen atoms in total. The molecule has 1 saturated heterocycles. The molecule has 1 aliphatic heterocycles. The van der Waals surface area contributed by atoms with Crippen molar-refractivity contribution in [3.63, 3.8) is 0 Å². The summed E-state index contributed by atoms with van der Waals surface area (Å²) in [5, 5.41) is 18.9. The number of hydrogen-bond acceptors (Lipinski definition) is 6. The average Bonchev–Trinajstić information content (AvgIpc) is 3.49. The van der Waals surface area contributed by atoms with E-state index in [4.69, 9.17) is 4.52 Å². The minimum absolute atomic E-state index is 0.172. The number of nitrogens with zero attached hydrogens (tertiary/aromatic N) is 3. The molecule has 0 unspecified atom stereocenters. The van der Waals surface area contributed by atoms with Gasteiger partial charge in [0.25, 0.3) is 5.91 Å². The predicted octanol–water partition coefficient (Wildman–Crippen LogP) is 4.12. The Morgan fingerprint density at radius 2 is 1.64 bits per heavy atom. The molecule has 182 valence electrons. The smallest absolute Gasteiger partial charge is 0.251 e. The summed E-state index contributed by atoms with van der Waals surface area (Å²) in [5.74, 6) is 1.01. The molecule has 1 fully saturated rings. The zero-order chi connectivity index (χ0) is 24.5. The van der Waals surface area contributed by atoms with Crippen molar-refractivity contribution < 1.29 is 14.4 Å². The molecule has 0 saturated carbocycles. The van der Waals surface area contributed by atoms with Crippen molar-refractivity contribution in [2.75, 3.05) is 13.1 Å². The molecule has 2 heterocycles. The van der Waals surface area contributed by atoms with Crippen LogP contribution < -0.4 is 5.32 Å². The van der Waals surface area contributed by atoms with Crippen LogP contribution >= 0.6 is 0 Å². The molecular formula is C29H28N4O3. The third kappa shape index (κ3) is 4.00. The van der Waals surface area contributed by atoms with Crippen LogP contribution in [0.1, 0.15) is 46.3 Å². The monoisotopic (exact) mass is 480 g/mol. The summed E-state index contributed by atoms with van der Waals surface area (Å²) in [6, 6.07) is 26.6. The number of nitrogens with one attached hydrogen (secondary N) is 1. The lowest BCUT2D eigenvalue weighted by Gasteiger charge is -2.42. The first-order valence-electron chi connectivity index (χ1n) is 12.4. The number of amides is 1. The molecule has 7 heteroatoms. The van der Waals surface area contributed by atoms with Gasteiger partial charge in [-0.1, -0.05) is 78.0 Å². The van der Waals surface area contributed by atoms with E-state index in [0.29, 0.717) is 23.8 Å². The quantitative estimate of drug-likeness (QED) is 0.447. The molecule has 1 spiro atoms. The number of aliphatic hydroxyl groups is 1. The number of benzene rings is 3. The summed E-state index contributed by atoms with van der Waals surface area (Å²) in [7, 11) is 0. The first-order valence-corrected chi connectivity index (χ1v) is 12.4. The van der Waals surface area contributed by atoms with Crippen LogP contribution in [0.5, 0.6) is 0 Å². The highest BCUT2D eigenvalue weighted by Gasteiger charge is 2.53. The van der Waals surface area contributed by atoms with E-state index >= 15 is 0 Å². The van der Waals surface area contributed by atoms with Crippen LogP contribution in [0.4, 0.5) is 0 Å². The Labute approximate surface area is 209 Å². The minimum atomic E-state index is -0.696. The molecule has 1 aliphatic carbocycles. The van der Waals surface area contributed by atoms with E-state index in [1.807, 2.05) is 66.7 Å². The summed E-state index contributed by atoms with van der Waals surface area (Å²) in [6.45, 7) is 2.14. The Kier molecular flexibility index (Phi) is 5.87. The van der Waals surface area contributed by atoms with Gasteiger partial charge in [-0.25, -0.2) is 0 Å². The Morgan fingerprint density at radius 1 is 0.972 bits per heavy atom. The van der Waals surface area contributed by atoms with E-state index in [-0.39, 0.29) is 5.91 Å². The summed E-state index contributed by atoms with van der Waals surface area (Å²) in [5.41, 5.74) is 3.27. The van der Waals surface area contributed by atoms with Crippen molar-refractivity contribution in [2.45, 2.75) is 36.9 Å². The molecule has 2 N–H and O–H groups in total. The van der Waals surface area contributed by atoms with E-state index in [2.05, 4.69) is 26.4 Å². The van der Waals surface area contributed by atoms with Crippen LogP contribution in [0.3, 0.4) is 0 Å². The van der Waals surface area contributed by atoms with Crippen LogP contribution in [0, 0.1) is 0 Å². The lowest BCUT2D eigenvalue weighted by atomic mass is 9.72. The first-order chi connectivity index (χ1) is 17.6. The number of likely N-dealkylation sites (tertiary alicyclic amines) is 1. The molecule has 3 aromatic carbocycles. The topological polar surface area (TPSA) is 91.5 Å². The highest BCUT2D eigenvalue weighted by molar-refractivity contribution is 5.94. The first kappa shape index (κ1) is 22.6. The maximum absolute atomic E-state index is 12.9. The van der Waals surface area contributed by atoms with Gasteiger partial charge in [-0.05, 0) is 49.2 Å². The zero-order valence-electron chi connectivity index (χ0n) is 19.9. The van der Waals surface area contributed by atoms with Crippen molar-refractivity contribution in [1.82, 2.24) is 20.4 Å². The fraction of sp³-hybridized carbons (Fsp3) is 0.276. The molecule has 6 rings (SSSR count). The fourth-order valence-corrected chi connectivity index (χ4v) is 5.73. The van der Waals surface area contributed by atoms with Gasteiger partial charge in [-0.15, -0.1) is 0 Å². The number of carbonyl (C=O) groups excluding carboxylic acids is 1. The third-order valence-corrected chi connectivity index (χ3v) is 7.64. The molecule has 2 aliphatic rings. The van der Waals surface area contributed by atoms with Crippen molar-refractivity contribution in [2.24, 2.45) is 0 Å². The molecular weight excluding hydrogens is 452 g/mol. The summed E-state index contributed by atoms with van der Waals surface area (Å²) in [4.78, 5) is 19.8. The lowest BCUT2D eigenvalue weighted by molar-refractivity contribution is 0.0175. The Bertz CT molecular complexity index is 1350. The molecule has 36 heavy (non-hydrogen) atoms. The lowest BCUT2D eigenvalue weighted by Crippen LogP contribution is -2.49. The standard InChI is InChI=1S/C29H28N4O3/c34-26-25(31-28(35)21-11-5-2-6-12-21)22-13-7-8-14-23(22)29(26)15-17-33(18-16-29)19-24-30-27(32-36-24)20-9-3-1-4-10-20/h1-14,25-26,34H,15-19H2,(H,31,35)/t25-,26+/m1/s1. The van der Waals surface area contributed by atoms with Gasteiger partial charge >= 0.3 is 0 Å². The minimum Gasteiger partial charge on any atom is -0.390 e. The largest absolute Gasteiger partial charge is 0.390 e. The number of fused-ring (bicyclic) bond motifs is 2. The van der Waals surface area contributed by atoms with Crippen molar-refractivity contribution in [3.8, 4) is 11.4 Å². The summed E-state index contributed by atoms with van der Waals surface area (Å²) < 4.78 is 5.52. The highest BCUT2D eigenvalue weighted by atomic mass is 16.5. The van der Waals surface area contributed by atoms with Gasteiger partial charge < -0.3 is 14.9 Å². The predicted molar refractivity (Wildman–Crippen MR) is 135 cm³/mol. The van der Waals surface area contributed by atoms with Crippen LogP contribution in [0.2, 0.25) is 0 Å². The van der Waals surface area contributed by atoms with Crippen molar-refractivity contribution in [1.29, 1.82) is 0 Å². The third-order valence-electron chi connectivity index (χ3n) is 7.64. The zero-order valence-corrected chi connectivity index (χ0v) is 19.9. The molecule has 2 atom stereocenters. The number of aromatic nitrogens is 2. The van der Waals surface area contributed by atoms with E-state index in [1.165, 1.54) is 0 Å². The van der Waals surface area contributed by atoms with Gasteiger partial charge in [0.1, 0.15) is 0 Å². The molecule has 0 bridgehead atoms. The number of carbonyl (C=O) groups is 1. The number of piperidine rings is 1. The van der Waals surface area contributed by atoms with Crippen LogP contribution in [-0.2, 0) is 12.0 Å². The molecule has 1 amide bonds. The summed E-state index contributed by atoms with van der Waals surface area (Å²) in [6.07, 6.45) is 0.864. The second kappa shape index (κ2) is 9.33. The van der Waals surface area contributed by atoms with E-state index in [1.54, 1.807) is 12.1 Å². The van der Waals surface area contributed by atoms with Crippen LogP contribution in [0.25, 0.3) is 11.4 Å². The normalized spacial score (nSPS) is 20.8. The van der Waals surface area contributed by atoms with Crippen molar-refractivity contribution >= 4 is 5.91 Å². The van der Waals surface area contributed by atoms with E-state index < -0.39 is 17.6 Å². The van der Waals surface area contributed by atoms with E-state index in [0.717, 1.165) is 42.6 Å². The van der Waals surface area contributed by atoms with Gasteiger partial charge in [-0.2, -0.15) is 4.98 Å². The average molecular weight is 481 g/mol. The van der Waals surface area contributed by atoms with Gasteiger partial charge in [0.05, 0.1) is 18.7 Å². The second-order valence-electron chi connectivity index (χ2n) is 9.66. The maximum Gasteiger partial charge on any atom is 0.251 e. The highest BCUT2D eigenvalue weighted by Crippen LogP contribution is 2.51.